The predicted octanol–water partition coefficient (Wildman–Crippen LogP) is 3.35. The number of rotatable bonds is 2. The molecule has 0 unspecified atom stereocenters. The Morgan fingerprint density at radius 1 is 1.00 bits per heavy atom. The number of hydrogen-bond donors (Lipinski definition) is 0. The van der Waals surface area contributed by atoms with Gasteiger partial charge in [0, 0.05) is 23.6 Å². The minimum Gasteiger partial charge on any atom is -0.399 e. The molecule has 2 aromatic rings. The first-order valence-corrected chi connectivity index (χ1v) is 8.89. The van der Waals surface area contributed by atoms with Gasteiger partial charge >= 0.3 is 7.12 Å². The van der Waals surface area contributed by atoms with Crippen molar-refractivity contribution in [2.45, 2.75) is 66.2 Å². The molecule has 4 nitrogen and oxygen atoms in total. The lowest BCUT2D eigenvalue weighted by Crippen LogP contribution is -2.41. The molecule has 25 heavy (non-hydrogen) atoms. The van der Waals surface area contributed by atoms with E-state index >= 15 is 0 Å². The average Bonchev–Trinajstić information content (AvgIpc) is 2.69. The zero-order chi connectivity index (χ0) is 18.6. The SMILES string of the molecule is CC(C)(C)Cn1cc(B2OC(C)(C)C(C)(C)O2)c2ccccc2c1=O. The van der Waals surface area contributed by atoms with E-state index in [1.54, 1.807) is 4.57 Å². The van der Waals surface area contributed by atoms with E-state index in [1.165, 1.54) is 0 Å². The standard InChI is InChI=1S/C20H28BNO3/c1-18(2,3)13-22-12-16(14-10-8-9-11-15(14)17(22)23)21-24-19(4,5)20(6,7)25-21/h8-12H,13H2,1-7H3. The van der Waals surface area contributed by atoms with E-state index in [0.29, 0.717) is 11.9 Å². The van der Waals surface area contributed by atoms with Crippen LogP contribution in [0, 0.1) is 5.41 Å². The molecule has 0 N–H and O–H groups in total. The van der Waals surface area contributed by atoms with E-state index in [-0.39, 0.29) is 11.0 Å². The van der Waals surface area contributed by atoms with Crippen molar-refractivity contribution in [3.63, 3.8) is 0 Å². The van der Waals surface area contributed by atoms with Crippen LogP contribution in [0.4, 0.5) is 0 Å². The largest absolute Gasteiger partial charge is 0.496 e. The minimum atomic E-state index is -0.485. The van der Waals surface area contributed by atoms with Gasteiger partial charge in [0.25, 0.3) is 5.56 Å². The molecule has 5 heteroatoms. The van der Waals surface area contributed by atoms with Gasteiger partial charge in [-0.05, 0) is 44.6 Å². The summed E-state index contributed by atoms with van der Waals surface area (Å²) in [7, 11) is -0.485. The Morgan fingerprint density at radius 2 is 1.52 bits per heavy atom. The highest BCUT2D eigenvalue weighted by atomic mass is 16.7. The summed E-state index contributed by atoms with van der Waals surface area (Å²) in [5.41, 5.74) is 0.122. The Kier molecular flexibility index (Phi) is 4.16. The molecule has 1 aromatic carbocycles. The van der Waals surface area contributed by atoms with Crippen LogP contribution in [0.2, 0.25) is 0 Å². The van der Waals surface area contributed by atoms with Crippen molar-refractivity contribution >= 4 is 23.4 Å². The molecule has 1 aliphatic rings. The molecule has 2 heterocycles. The van der Waals surface area contributed by atoms with Gasteiger partial charge in [-0.3, -0.25) is 4.79 Å². The van der Waals surface area contributed by atoms with Gasteiger partial charge in [-0.25, -0.2) is 0 Å². The van der Waals surface area contributed by atoms with Crippen molar-refractivity contribution in [3.05, 3.63) is 40.8 Å². The van der Waals surface area contributed by atoms with Crippen molar-refractivity contribution in [2.24, 2.45) is 5.41 Å². The molecule has 1 aromatic heterocycles. The van der Waals surface area contributed by atoms with Gasteiger partial charge in [0.15, 0.2) is 0 Å². The van der Waals surface area contributed by atoms with E-state index in [1.807, 2.05) is 58.2 Å². The van der Waals surface area contributed by atoms with Crippen LogP contribution in [-0.4, -0.2) is 22.9 Å². The number of hydrogen-bond acceptors (Lipinski definition) is 3. The fourth-order valence-electron chi connectivity index (χ4n) is 3.16. The summed E-state index contributed by atoms with van der Waals surface area (Å²) < 4.78 is 14.3. The molecule has 1 fully saturated rings. The molecule has 0 spiro atoms. The van der Waals surface area contributed by atoms with Gasteiger partial charge in [-0.1, -0.05) is 39.0 Å². The summed E-state index contributed by atoms with van der Waals surface area (Å²) >= 11 is 0. The number of aromatic nitrogens is 1. The second-order valence-corrected chi connectivity index (χ2v) is 9.21. The van der Waals surface area contributed by atoms with Crippen LogP contribution in [0.1, 0.15) is 48.5 Å². The molecule has 0 atom stereocenters. The summed E-state index contributed by atoms with van der Waals surface area (Å²) in [4.78, 5) is 12.9. The highest BCUT2D eigenvalue weighted by Gasteiger charge is 2.52. The van der Waals surface area contributed by atoms with E-state index in [2.05, 4.69) is 20.8 Å². The maximum atomic E-state index is 12.9. The van der Waals surface area contributed by atoms with Gasteiger partial charge in [0.1, 0.15) is 0 Å². The molecular weight excluding hydrogens is 313 g/mol. The lowest BCUT2D eigenvalue weighted by Gasteiger charge is -2.32. The maximum Gasteiger partial charge on any atom is 0.496 e. The van der Waals surface area contributed by atoms with E-state index < -0.39 is 18.3 Å². The Labute approximate surface area is 150 Å². The van der Waals surface area contributed by atoms with Gasteiger partial charge in [0.2, 0.25) is 0 Å². The highest BCUT2D eigenvalue weighted by Crippen LogP contribution is 2.36. The van der Waals surface area contributed by atoms with E-state index in [0.717, 1.165) is 10.8 Å². The van der Waals surface area contributed by atoms with Gasteiger partial charge < -0.3 is 13.9 Å². The molecule has 1 aliphatic heterocycles. The smallest absolute Gasteiger partial charge is 0.399 e. The van der Waals surface area contributed by atoms with Crippen molar-refractivity contribution in [1.29, 1.82) is 0 Å². The van der Waals surface area contributed by atoms with Crippen LogP contribution < -0.4 is 11.0 Å². The third-order valence-corrected chi connectivity index (χ3v) is 5.18. The van der Waals surface area contributed by atoms with Gasteiger partial charge in [0.05, 0.1) is 11.2 Å². The van der Waals surface area contributed by atoms with Crippen molar-refractivity contribution in [3.8, 4) is 0 Å². The topological polar surface area (TPSA) is 40.5 Å². The predicted molar refractivity (Wildman–Crippen MR) is 103 cm³/mol. The number of fused-ring (bicyclic) bond motifs is 1. The fourth-order valence-corrected chi connectivity index (χ4v) is 3.16. The summed E-state index contributed by atoms with van der Waals surface area (Å²) in [5.74, 6) is 0. The van der Waals surface area contributed by atoms with Crippen molar-refractivity contribution < 1.29 is 9.31 Å². The minimum absolute atomic E-state index is 0.000510. The van der Waals surface area contributed by atoms with Gasteiger partial charge in [-0.2, -0.15) is 0 Å². The third-order valence-electron chi connectivity index (χ3n) is 5.18. The molecule has 3 rings (SSSR count). The number of pyridine rings is 1. The van der Waals surface area contributed by atoms with Crippen LogP contribution >= 0.6 is 0 Å². The lowest BCUT2D eigenvalue weighted by atomic mass is 9.77. The Balaban J connectivity index is 2.18. The maximum absolute atomic E-state index is 12.9. The Bertz CT molecular complexity index is 845. The zero-order valence-electron chi connectivity index (χ0n) is 16.3. The highest BCUT2D eigenvalue weighted by molar-refractivity contribution is 6.65. The lowest BCUT2D eigenvalue weighted by molar-refractivity contribution is 0.00578. The molecule has 0 radical (unpaired) electrons. The average molecular weight is 341 g/mol. The zero-order valence-corrected chi connectivity index (χ0v) is 16.3. The van der Waals surface area contributed by atoms with Crippen LogP contribution in [0.15, 0.2) is 35.3 Å². The Morgan fingerprint density at radius 3 is 2.04 bits per heavy atom. The second-order valence-electron chi connectivity index (χ2n) is 9.21. The first-order chi connectivity index (χ1) is 11.4. The van der Waals surface area contributed by atoms with Gasteiger partial charge in [-0.15, -0.1) is 0 Å². The van der Waals surface area contributed by atoms with Crippen LogP contribution in [0.5, 0.6) is 0 Å². The Hall–Kier alpha value is -1.59. The quantitative estimate of drug-likeness (QED) is 0.787. The molecule has 134 valence electrons. The second kappa shape index (κ2) is 5.71. The summed E-state index contributed by atoms with van der Waals surface area (Å²) in [6.07, 6.45) is 1.91. The normalized spacial score (nSPS) is 19.6. The summed E-state index contributed by atoms with van der Waals surface area (Å²) in [6.45, 7) is 15.2. The van der Waals surface area contributed by atoms with Crippen LogP contribution in [0.25, 0.3) is 10.8 Å². The first-order valence-electron chi connectivity index (χ1n) is 8.89. The summed E-state index contributed by atoms with van der Waals surface area (Å²) in [6, 6.07) is 7.70. The monoisotopic (exact) mass is 341 g/mol. The third kappa shape index (κ3) is 3.27. The molecule has 0 amide bonds. The van der Waals surface area contributed by atoms with Crippen molar-refractivity contribution in [2.75, 3.05) is 0 Å². The van der Waals surface area contributed by atoms with E-state index in [9.17, 15) is 4.79 Å². The molecular formula is C20H28BNO3. The molecule has 1 saturated heterocycles. The summed E-state index contributed by atoms with van der Waals surface area (Å²) in [5, 5.41) is 1.61. The van der Waals surface area contributed by atoms with E-state index in [4.69, 9.17) is 9.31 Å². The van der Waals surface area contributed by atoms with Crippen LogP contribution in [0.3, 0.4) is 0 Å². The van der Waals surface area contributed by atoms with Crippen LogP contribution in [-0.2, 0) is 15.9 Å². The number of benzene rings is 1. The first kappa shape index (κ1) is 18.2. The fraction of sp³-hybridized carbons (Fsp3) is 0.550. The number of nitrogens with zero attached hydrogens (tertiary/aromatic N) is 1. The van der Waals surface area contributed by atoms with Crippen molar-refractivity contribution in [1.82, 2.24) is 4.57 Å². The molecule has 0 bridgehead atoms. The molecule has 0 saturated carbocycles. The molecule has 0 aliphatic carbocycles.